The van der Waals surface area contributed by atoms with Gasteiger partial charge in [0.25, 0.3) is 11.8 Å². The first-order valence-electron chi connectivity index (χ1n) is 9.13. The van der Waals surface area contributed by atoms with Crippen LogP contribution in [0, 0.1) is 0 Å². The minimum Gasteiger partial charge on any atom is -0.406 e. The Labute approximate surface area is 179 Å². The molecule has 0 fully saturated rings. The van der Waals surface area contributed by atoms with Crippen molar-refractivity contribution in [1.29, 1.82) is 0 Å². The molecule has 1 aromatic heterocycles. The number of ether oxygens (including phenoxy) is 1. The Kier molecular flexibility index (Phi) is 5.51. The molecule has 2 amide bonds. The lowest BCUT2D eigenvalue weighted by molar-refractivity contribution is -0.274. The minimum absolute atomic E-state index is 0.0767. The van der Waals surface area contributed by atoms with Crippen LogP contribution >= 0.6 is 11.3 Å². The van der Waals surface area contributed by atoms with Crippen molar-refractivity contribution in [1.82, 2.24) is 4.90 Å². The highest BCUT2D eigenvalue weighted by molar-refractivity contribution is 7.11. The van der Waals surface area contributed by atoms with Crippen LogP contribution in [0.4, 0.5) is 18.9 Å². The number of carbonyl (C=O) groups excluding carboxylic acids is 2. The van der Waals surface area contributed by atoms with Gasteiger partial charge >= 0.3 is 6.36 Å². The third-order valence-corrected chi connectivity index (χ3v) is 5.36. The van der Waals surface area contributed by atoms with Gasteiger partial charge in [-0.25, -0.2) is 0 Å². The number of anilines is 1. The van der Waals surface area contributed by atoms with Crippen LogP contribution in [-0.4, -0.2) is 23.1 Å². The van der Waals surface area contributed by atoms with Crippen LogP contribution in [0.2, 0.25) is 0 Å². The lowest BCUT2D eigenvalue weighted by Crippen LogP contribution is -2.31. The van der Waals surface area contributed by atoms with Crippen molar-refractivity contribution in [3.63, 3.8) is 0 Å². The number of nitrogens with one attached hydrogen (secondary N) is 1. The second kappa shape index (κ2) is 8.27. The fourth-order valence-corrected chi connectivity index (χ4v) is 3.90. The predicted octanol–water partition coefficient (Wildman–Crippen LogP) is 5.04. The second-order valence-electron chi connectivity index (χ2n) is 6.61. The molecule has 158 valence electrons. The second-order valence-corrected chi connectivity index (χ2v) is 7.55. The molecule has 2 heterocycles. The summed E-state index contributed by atoms with van der Waals surface area (Å²) in [4.78, 5) is 28.0. The van der Waals surface area contributed by atoms with Crippen LogP contribution in [-0.2, 0) is 16.1 Å². The number of nitrogens with zero attached hydrogens (tertiary/aromatic N) is 1. The summed E-state index contributed by atoms with van der Waals surface area (Å²) in [6, 6.07) is 17.6. The summed E-state index contributed by atoms with van der Waals surface area (Å²) in [5.74, 6) is -1.33. The summed E-state index contributed by atoms with van der Waals surface area (Å²) < 4.78 is 40.9. The third kappa shape index (κ3) is 4.61. The molecule has 0 saturated heterocycles. The average molecular weight is 444 g/mol. The normalized spacial score (nSPS) is 14.4. The SMILES string of the molecule is O=C1C(Nc2ccc(OC(F)(F)F)cc2)=C(c2cccs2)C(=O)N1Cc1ccccc1. The van der Waals surface area contributed by atoms with Gasteiger partial charge in [0.1, 0.15) is 11.4 Å². The molecule has 0 bridgehead atoms. The molecule has 9 heteroatoms. The van der Waals surface area contributed by atoms with Crippen LogP contribution < -0.4 is 10.1 Å². The number of rotatable bonds is 6. The smallest absolute Gasteiger partial charge is 0.406 e. The van der Waals surface area contributed by atoms with Crippen LogP contribution in [0.25, 0.3) is 5.57 Å². The van der Waals surface area contributed by atoms with Gasteiger partial charge in [-0.15, -0.1) is 24.5 Å². The van der Waals surface area contributed by atoms with E-state index in [0.717, 1.165) is 22.6 Å². The standard InChI is InChI=1S/C22H15F3N2O3S/c23-22(24,25)30-16-10-8-15(9-11-16)26-19-18(17-7-4-12-31-17)20(28)27(21(19)29)13-14-5-2-1-3-6-14/h1-12,26H,13H2. The first kappa shape index (κ1) is 20.7. The molecule has 3 aromatic rings. The predicted molar refractivity (Wildman–Crippen MR) is 110 cm³/mol. The van der Waals surface area contributed by atoms with Crippen LogP contribution in [0.5, 0.6) is 5.75 Å². The Hall–Kier alpha value is -3.59. The van der Waals surface area contributed by atoms with E-state index in [1.807, 2.05) is 30.3 Å². The zero-order valence-corrected chi connectivity index (χ0v) is 16.7. The molecule has 0 spiro atoms. The van der Waals surface area contributed by atoms with Crippen LogP contribution in [0.15, 0.2) is 77.8 Å². The van der Waals surface area contributed by atoms with Crippen molar-refractivity contribution in [2.45, 2.75) is 12.9 Å². The largest absolute Gasteiger partial charge is 0.573 e. The lowest BCUT2D eigenvalue weighted by atomic mass is 10.2. The van der Waals surface area contributed by atoms with E-state index < -0.39 is 18.2 Å². The van der Waals surface area contributed by atoms with Crippen molar-refractivity contribution in [3.8, 4) is 5.75 Å². The summed E-state index contributed by atoms with van der Waals surface area (Å²) in [5.41, 5.74) is 1.45. The van der Waals surface area contributed by atoms with Crippen LogP contribution in [0.1, 0.15) is 10.4 Å². The maximum Gasteiger partial charge on any atom is 0.573 e. The van der Waals surface area contributed by atoms with E-state index in [0.29, 0.717) is 10.6 Å². The zero-order chi connectivity index (χ0) is 22.0. The summed E-state index contributed by atoms with van der Waals surface area (Å²) in [5, 5.41) is 4.70. The molecule has 0 saturated carbocycles. The van der Waals surface area contributed by atoms with Crippen LogP contribution in [0.3, 0.4) is 0 Å². The first-order valence-corrected chi connectivity index (χ1v) is 10.0. The fourth-order valence-electron chi connectivity index (χ4n) is 3.14. The molecule has 0 aliphatic carbocycles. The molecule has 0 atom stereocenters. The quantitative estimate of drug-likeness (QED) is 0.542. The summed E-state index contributed by atoms with van der Waals surface area (Å²) >= 11 is 1.31. The summed E-state index contributed by atoms with van der Waals surface area (Å²) in [7, 11) is 0. The van der Waals surface area contributed by atoms with Crippen molar-refractivity contribution in [3.05, 3.63) is 88.2 Å². The Balaban J connectivity index is 1.63. The number of amides is 2. The van der Waals surface area contributed by atoms with Gasteiger partial charge in [-0.2, -0.15) is 0 Å². The van der Waals surface area contributed by atoms with Crippen molar-refractivity contribution in [2.24, 2.45) is 0 Å². The molecular weight excluding hydrogens is 429 g/mol. The number of imide groups is 1. The van der Waals surface area contributed by atoms with Gasteiger partial charge in [-0.3, -0.25) is 14.5 Å². The van der Waals surface area contributed by atoms with Gasteiger partial charge in [0.2, 0.25) is 0 Å². The average Bonchev–Trinajstić information content (AvgIpc) is 3.32. The van der Waals surface area contributed by atoms with E-state index in [-0.39, 0.29) is 23.6 Å². The number of benzene rings is 2. The molecule has 1 aliphatic heterocycles. The number of thiophene rings is 1. The van der Waals surface area contributed by atoms with Gasteiger partial charge in [-0.05, 0) is 41.3 Å². The van der Waals surface area contributed by atoms with Gasteiger partial charge in [-0.1, -0.05) is 36.4 Å². The molecule has 31 heavy (non-hydrogen) atoms. The zero-order valence-electron chi connectivity index (χ0n) is 15.8. The van der Waals surface area contributed by atoms with E-state index in [2.05, 4.69) is 10.1 Å². The van der Waals surface area contributed by atoms with Crippen molar-refractivity contribution in [2.75, 3.05) is 5.32 Å². The Morgan fingerprint density at radius 3 is 2.23 bits per heavy atom. The Bertz CT molecular complexity index is 1130. The van der Waals surface area contributed by atoms with E-state index in [9.17, 15) is 22.8 Å². The molecule has 4 rings (SSSR count). The number of carbonyl (C=O) groups is 2. The number of hydrogen-bond acceptors (Lipinski definition) is 5. The third-order valence-electron chi connectivity index (χ3n) is 4.48. The molecular formula is C22H15F3N2O3S. The van der Waals surface area contributed by atoms with Gasteiger partial charge in [0, 0.05) is 10.6 Å². The molecule has 5 nitrogen and oxygen atoms in total. The molecule has 1 N–H and O–H groups in total. The Morgan fingerprint density at radius 2 is 1.61 bits per heavy atom. The molecule has 2 aromatic carbocycles. The first-order chi connectivity index (χ1) is 14.8. The molecule has 1 aliphatic rings. The van der Waals surface area contributed by atoms with E-state index in [1.54, 1.807) is 17.5 Å². The topological polar surface area (TPSA) is 58.6 Å². The van der Waals surface area contributed by atoms with E-state index >= 15 is 0 Å². The fraction of sp³-hybridized carbons (Fsp3) is 0.0909. The number of halogens is 3. The van der Waals surface area contributed by atoms with E-state index in [4.69, 9.17) is 0 Å². The summed E-state index contributed by atoms with van der Waals surface area (Å²) in [6.07, 6.45) is -4.80. The maximum atomic E-state index is 13.1. The molecule has 0 radical (unpaired) electrons. The van der Waals surface area contributed by atoms with Gasteiger partial charge in [0.15, 0.2) is 0 Å². The van der Waals surface area contributed by atoms with Gasteiger partial charge in [0.05, 0.1) is 12.1 Å². The van der Waals surface area contributed by atoms with Crippen molar-refractivity contribution < 1.29 is 27.5 Å². The Morgan fingerprint density at radius 1 is 0.903 bits per heavy atom. The lowest BCUT2D eigenvalue weighted by Gasteiger charge is -2.15. The highest BCUT2D eigenvalue weighted by Crippen LogP contribution is 2.34. The monoisotopic (exact) mass is 444 g/mol. The highest BCUT2D eigenvalue weighted by atomic mass is 32.1. The highest BCUT2D eigenvalue weighted by Gasteiger charge is 2.39. The number of hydrogen-bond donors (Lipinski definition) is 1. The van der Waals surface area contributed by atoms with Gasteiger partial charge < -0.3 is 10.1 Å². The number of alkyl halides is 3. The summed E-state index contributed by atoms with van der Waals surface area (Å²) in [6.45, 7) is 0.108. The molecule has 0 unspecified atom stereocenters. The van der Waals surface area contributed by atoms with E-state index in [1.165, 1.54) is 23.5 Å². The minimum atomic E-state index is -4.80. The van der Waals surface area contributed by atoms with Crippen molar-refractivity contribution >= 4 is 34.4 Å². The maximum absolute atomic E-state index is 13.1.